The van der Waals surface area contributed by atoms with E-state index in [1.165, 1.54) is 16.6 Å². The lowest BCUT2D eigenvalue weighted by atomic mass is 10.2. The first-order valence-corrected chi connectivity index (χ1v) is 7.96. The second-order valence-corrected chi connectivity index (χ2v) is 6.13. The van der Waals surface area contributed by atoms with Crippen molar-refractivity contribution < 1.29 is 4.79 Å². The van der Waals surface area contributed by atoms with Crippen molar-refractivity contribution in [2.45, 2.75) is 19.9 Å². The summed E-state index contributed by atoms with van der Waals surface area (Å²) in [5.74, 6) is 0.0894. The lowest BCUT2D eigenvalue weighted by molar-refractivity contribution is -0.120. The highest BCUT2D eigenvalue weighted by Crippen LogP contribution is 2.18. The van der Waals surface area contributed by atoms with E-state index >= 15 is 0 Å². The van der Waals surface area contributed by atoms with Gasteiger partial charge in [-0.25, -0.2) is 0 Å². The molecule has 0 aliphatic carbocycles. The maximum atomic E-state index is 11.9. The van der Waals surface area contributed by atoms with Crippen LogP contribution in [0.15, 0.2) is 47.8 Å². The highest BCUT2D eigenvalue weighted by molar-refractivity contribution is 7.10. The fourth-order valence-electron chi connectivity index (χ4n) is 2.59. The van der Waals surface area contributed by atoms with Gasteiger partial charge in [-0.15, -0.1) is 11.3 Å². The van der Waals surface area contributed by atoms with E-state index in [-0.39, 0.29) is 5.91 Å². The fraction of sp³-hybridized carbons (Fsp3) is 0.235. The topological polar surface area (TPSA) is 34.0 Å². The molecule has 0 unspecified atom stereocenters. The molecule has 0 atom stereocenters. The van der Waals surface area contributed by atoms with Crippen molar-refractivity contribution in [1.82, 2.24) is 9.88 Å². The van der Waals surface area contributed by atoms with Crippen LogP contribution >= 0.6 is 11.3 Å². The van der Waals surface area contributed by atoms with Crippen LogP contribution in [0, 0.1) is 6.92 Å². The average Bonchev–Trinajstić information content (AvgIpc) is 3.07. The van der Waals surface area contributed by atoms with Gasteiger partial charge in [-0.1, -0.05) is 24.3 Å². The van der Waals surface area contributed by atoms with Gasteiger partial charge in [0.2, 0.25) is 5.91 Å². The van der Waals surface area contributed by atoms with Crippen LogP contribution in [0.25, 0.3) is 10.9 Å². The van der Waals surface area contributed by atoms with Crippen molar-refractivity contribution in [2.75, 3.05) is 6.54 Å². The summed E-state index contributed by atoms with van der Waals surface area (Å²) in [6.07, 6.45) is 0.475. The summed E-state index contributed by atoms with van der Waals surface area (Å²) in [7, 11) is 0. The maximum Gasteiger partial charge on any atom is 0.225 e. The van der Waals surface area contributed by atoms with E-state index in [0.717, 1.165) is 11.4 Å². The van der Waals surface area contributed by atoms with Crippen molar-refractivity contribution >= 4 is 28.1 Å². The van der Waals surface area contributed by atoms with Gasteiger partial charge >= 0.3 is 0 Å². The van der Waals surface area contributed by atoms with Crippen LogP contribution in [-0.4, -0.2) is 17.0 Å². The number of para-hydroxylation sites is 1. The molecule has 1 amide bonds. The normalized spacial score (nSPS) is 10.9. The summed E-state index contributed by atoms with van der Waals surface area (Å²) < 4.78 is 2.25. The van der Waals surface area contributed by atoms with Gasteiger partial charge in [0.25, 0.3) is 0 Å². The molecule has 108 valence electrons. The zero-order valence-electron chi connectivity index (χ0n) is 12.0. The van der Waals surface area contributed by atoms with Gasteiger partial charge in [-0.05, 0) is 35.9 Å². The van der Waals surface area contributed by atoms with Crippen molar-refractivity contribution in [3.8, 4) is 0 Å². The second-order valence-electron chi connectivity index (χ2n) is 5.10. The Hall–Kier alpha value is -2.07. The molecule has 0 radical (unpaired) electrons. The Kier molecular flexibility index (Phi) is 4.06. The standard InChI is InChI=1S/C17H18N2OS/c1-13-11-14-5-2-3-7-16(14)19(13)9-8-18-17(20)12-15-6-4-10-21-15/h2-7,10-11H,8-9,12H2,1H3,(H,18,20). The lowest BCUT2D eigenvalue weighted by Gasteiger charge is -2.09. The number of aryl methyl sites for hydroxylation is 1. The molecule has 1 N–H and O–H groups in total. The predicted molar refractivity (Wildman–Crippen MR) is 87.7 cm³/mol. The number of thiophene rings is 1. The van der Waals surface area contributed by atoms with Gasteiger partial charge in [0, 0.05) is 29.2 Å². The minimum atomic E-state index is 0.0894. The Bertz CT molecular complexity index is 743. The Morgan fingerprint density at radius 1 is 1.24 bits per heavy atom. The SMILES string of the molecule is Cc1cc2ccccc2n1CCNC(=O)Cc1cccs1. The zero-order chi connectivity index (χ0) is 14.7. The second kappa shape index (κ2) is 6.14. The van der Waals surface area contributed by atoms with E-state index in [1.807, 2.05) is 23.6 Å². The Morgan fingerprint density at radius 3 is 2.90 bits per heavy atom. The van der Waals surface area contributed by atoms with Crippen LogP contribution in [0.1, 0.15) is 10.6 Å². The summed E-state index contributed by atoms with van der Waals surface area (Å²) in [5, 5.41) is 6.25. The molecule has 3 nitrogen and oxygen atoms in total. The predicted octanol–water partition coefficient (Wildman–Crippen LogP) is 3.37. The molecule has 4 heteroatoms. The maximum absolute atomic E-state index is 11.9. The van der Waals surface area contributed by atoms with Crippen molar-refractivity contribution in [1.29, 1.82) is 0 Å². The number of nitrogens with one attached hydrogen (secondary N) is 1. The van der Waals surface area contributed by atoms with Gasteiger partial charge in [0.15, 0.2) is 0 Å². The Balaban J connectivity index is 1.59. The average molecular weight is 298 g/mol. The van der Waals surface area contributed by atoms with E-state index in [2.05, 4.69) is 41.1 Å². The third kappa shape index (κ3) is 3.16. The van der Waals surface area contributed by atoms with Crippen LogP contribution in [-0.2, 0) is 17.8 Å². The molecule has 0 spiro atoms. The van der Waals surface area contributed by atoms with Crippen molar-refractivity contribution in [2.24, 2.45) is 0 Å². The number of carbonyl (C=O) groups is 1. The molecule has 2 heterocycles. The Morgan fingerprint density at radius 2 is 2.10 bits per heavy atom. The molecule has 2 aromatic heterocycles. The smallest absolute Gasteiger partial charge is 0.225 e. The van der Waals surface area contributed by atoms with Gasteiger partial charge in [0.1, 0.15) is 0 Å². The van der Waals surface area contributed by atoms with Gasteiger partial charge in [-0.3, -0.25) is 4.79 Å². The number of carbonyl (C=O) groups excluding carboxylic acids is 1. The molecule has 21 heavy (non-hydrogen) atoms. The summed E-state index contributed by atoms with van der Waals surface area (Å²) in [6, 6.07) is 14.5. The van der Waals surface area contributed by atoms with Crippen molar-refractivity contribution in [3.05, 3.63) is 58.4 Å². The van der Waals surface area contributed by atoms with E-state index in [4.69, 9.17) is 0 Å². The summed E-state index contributed by atoms with van der Waals surface area (Å²) in [5.41, 5.74) is 2.45. The number of amides is 1. The van der Waals surface area contributed by atoms with Gasteiger partial charge < -0.3 is 9.88 Å². The lowest BCUT2D eigenvalue weighted by Crippen LogP contribution is -2.28. The number of fused-ring (bicyclic) bond motifs is 1. The highest BCUT2D eigenvalue weighted by atomic mass is 32.1. The molecule has 0 fully saturated rings. The first-order chi connectivity index (χ1) is 10.2. The van der Waals surface area contributed by atoms with Gasteiger partial charge in [-0.2, -0.15) is 0 Å². The molecule has 0 saturated heterocycles. The first-order valence-electron chi connectivity index (χ1n) is 7.08. The van der Waals surface area contributed by atoms with Gasteiger partial charge in [0.05, 0.1) is 6.42 Å². The number of benzene rings is 1. The summed E-state index contributed by atoms with van der Waals surface area (Å²) in [4.78, 5) is 13.0. The number of nitrogens with zero attached hydrogens (tertiary/aromatic N) is 1. The zero-order valence-corrected chi connectivity index (χ0v) is 12.8. The van der Waals surface area contributed by atoms with Crippen LogP contribution in [0.4, 0.5) is 0 Å². The van der Waals surface area contributed by atoms with Crippen LogP contribution < -0.4 is 5.32 Å². The molecular weight excluding hydrogens is 280 g/mol. The molecule has 3 rings (SSSR count). The fourth-order valence-corrected chi connectivity index (χ4v) is 3.29. The van der Waals surface area contributed by atoms with E-state index in [1.54, 1.807) is 11.3 Å². The largest absolute Gasteiger partial charge is 0.354 e. The van der Waals surface area contributed by atoms with Crippen molar-refractivity contribution in [3.63, 3.8) is 0 Å². The number of aromatic nitrogens is 1. The molecule has 0 aliphatic heterocycles. The first kappa shape index (κ1) is 13.9. The quantitative estimate of drug-likeness (QED) is 0.770. The molecular formula is C17H18N2OS. The summed E-state index contributed by atoms with van der Waals surface area (Å²) in [6.45, 7) is 3.56. The van der Waals surface area contributed by atoms with E-state index in [9.17, 15) is 4.79 Å². The molecule has 0 saturated carbocycles. The molecule has 1 aromatic carbocycles. The third-order valence-electron chi connectivity index (χ3n) is 3.59. The van der Waals surface area contributed by atoms with E-state index in [0.29, 0.717) is 13.0 Å². The monoisotopic (exact) mass is 298 g/mol. The Labute approximate surface area is 128 Å². The van der Waals surface area contributed by atoms with E-state index < -0.39 is 0 Å². The summed E-state index contributed by atoms with van der Waals surface area (Å²) >= 11 is 1.62. The van der Waals surface area contributed by atoms with Crippen LogP contribution in [0.3, 0.4) is 0 Å². The third-order valence-corrected chi connectivity index (χ3v) is 4.47. The minimum absolute atomic E-state index is 0.0894. The highest BCUT2D eigenvalue weighted by Gasteiger charge is 2.06. The molecule has 0 bridgehead atoms. The molecule has 0 aliphatic rings. The minimum Gasteiger partial charge on any atom is -0.354 e. The number of hydrogen-bond acceptors (Lipinski definition) is 2. The number of hydrogen-bond donors (Lipinski definition) is 1. The van der Waals surface area contributed by atoms with Crippen LogP contribution in [0.2, 0.25) is 0 Å². The van der Waals surface area contributed by atoms with Crippen LogP contribution in [0.5, 0.6) is 0 Å². The molecule has 3 aromatic rings. The number of rotatable bonds is 5.